The predicted octanol–water partition coefficient (Wildman–Crippen LogP) is 4.72. The first-order chi connectivity index (χ1) is 13.2. The Bertz CT molecular complexity index is 938. The van der Waals surface area contributed by atoms with Crippen molar-refractivity contribution in [2.45, 2.75) is 18.8 Å². The normalized spacial score (nSPS) is 15.5. The van der Waals surface area contributed by atoms with Gasteiger partial charge in [-0.15, -0.1) is 11.3 Å². The predicted molar refractivity (Wildman–Crippen MR) is 110 cm³/mol. The van der Waals surface area contributed by atoms with Crippen molar-refractivity contribution in [2.75, 3.05) is 20.2 Å². The molecule has 1 aliphatic heterocycles. The number of nitrogens with zero attached hydrogens (tertiary/aromatic N) is 2. The average Bonchev–Trinajstić information content (AvgIpc) is 3.16. The molecule has 4 nitrogen and oxygen atoms in total. The molecule has 0 bridgehead atoms. The van der Waals surface area contributed by atoms with Gasteiger partial charge in [0.2, 0.25) is 5.91 Å². The standard InChI is InChI=1S/C22H22N2O2S/c1-26-18-6-4-5-16(15-18)9-10-21(25)24-13-11-17(12-14-24)22-23-19-7-2-3-8-20(19)27-22/h2-10,15,17H,11-14H2,1H3. The number of benzene rings is 2. The van der Waals surface area contributed by atoms with Crippen LogP contribution in [0.15, 0.2) is 54.6 Å². The molecule has 1 aromatic heterocycles. The second-order valence-corrected chi connectivity index (χ2v) is 7.79. The summed E-state index contributed by atoms with van der Waals surface area (Å²) in [5, 5.41) is 1.20. The van der Waals surface area contributed by atoms with Crippen LogP contribution in [0.1, 0.15) is 29.3 Å². The van der Waals surface area contributed by atoms with Gasteiger partial charge in [-0.2, -0.15) is 0 Å². The quantitative estimate of drug-likeness (QED) is 0.617. The second kappa shape index (κ2) is 7.92. The van der Waals surface area contributed by atoms with E-state index in [0.717, 1.165) is 42.8 Å². The van der Waals surface area contributed by atoms with E-state index in [1.165, 1.54) is 9.71 Å². The minimum absolute atomic E-state index is 0.0700. The second-order valence-electron chi connectivity index (χ2n) is 6.73. The molecule has 0 atom stereocenters. The van der Waals surface area contributed by atoms with E-state index in [1.807, 2.05) is 41.3 Å². The van der Waals surface area contributed by atoms with E-state index in [9.17, 15) is 4.79 Å². The third-order valence-corrected chi connectivity index (χ3v) is 6.18. The van der Waals surface area contributed by atoms with Crippen LogP contribution < -0.4 is 4.74 Å². The van der Waals surface area contributed by atoms with Gasteiger partial charge >= 0.3 is 0 Å². The molecule has 1 amide bonds. The molecule has 27 heavy (non-hydrogen) atoms. The Morgan fingerprint density at radius 2 is 2.00 bits per heavy atom. The lowest BCUT2D eigenvalue weighted by molar-refractivity contribution is -0.126. The van der Waals surface area contributed by atoms with E-state index in [1.54, 1.807) is 24.5 Å². The lowest BCUT2D eigenvalue weighted by Crippen LogP contribution is -2.36. The van der Waals surface area contributed by atoms with E-state index in [-0.39, 0.29) is 5.91 Å². The topological polar surface area (TPSA) is 42.4 Å². The van der Waals surface area contributed by atoms with Gasteiger partial charge in [-0.1, -0.05) is 24.3 Å². The van der Waals surface area contributed by atoms with Crippen LogP contribution in [-0.4, -0.2) is 36.0 Å². The maximum Gasteiger partial charge on any atom is 0.246 e. The van der Waals surface area contributed by atoms with Crippen molar-refractivity contribution in [1.29, 1.82) is 0 Å². The number of methoxy groups -OCH3 is 1. The van der Waals surface area contributed by atoms with Crippen LogP contribution in [-0.2, 0) is 4.79 Å². The zero-order valence-electron chi connectivity index (χ0n) is 15.3. The number of ether oxygens (including phenoxy) is 1. The third kappa shape index (κ3) is 4.03. The monoisotopic (exact) mass is 378 g/mol. The van der Waals surface area contributed by atoms with Gasteiger partial charge in [0.15, 0.2) is 0 Å². The maximum atomic E-state index is 12.5. The van der Waals surface area contributed by atoms with Crippen LogP contribution in [0.25, 0.3) is 16.3 Å². The Labute approximate surface area is 163 Å². The van der Waals surface area contributed by atoms with E-state index in [4.69, 9.17) is 9.72 Å². The zero-order chi connectivity index (χ0) is 18.6. The van der Waals surface area contributed by atoms with Crippen LogP contribution in [0, 0.1) is 0 Å². The molecule has 4 rings (SSSR count). The highest BCUT2D eigenvalue weighted by Gasteiger charge is 2.25. The summed E-state index contributed by atoms with van der Waals surface area (Å²) >= 11 is 1.78. The zero-order valence-corrected chi connectivity index (χ0v) is 16.1. The number of carbonyl (C=O) groups is 1. The number of thiazole rings is 1. The van der Waals surface area contributed by atoms with Crippen molar-refractivity contribution in [3.63, 3.8) is 0 Å². The summed E-state index contributed by atoms with van der Waals surface area (Å²) in [5.41, 5.74) is 2.05. The molecule has 5 heteroatoms. The number of fused-ring (bicyclic) bond motifs is 1. The van der Waals surface area contributed by atoms with Gasteiger partial charge in [-0.05, 0) is 48.7 Å². The lowest BCUT2D eigenvalue weighted by Gasteiger charge is -2.30. The molecule has 2 heterocycles. The minimum atomic E-state index is 0.0700. The van der Waals surface area contributed by atoms with Gasteiger partial charge in [0.25, 0.3) is 0 Å². The molecule has 0 unspecified atom stereocenters. The first kappa shape index (κ1) is 17.7. The minimum Gasteiger partial charge on any atom is -0.497 e. The number of para-hydroxylation sites is 1. The van der Waals surface area contributed by atoms with E-state index < -0.39 is 0 Å². The van der Waals surface area contributed by atoms with Crippen LogP contribution >= 0.6 is 11.3 Å². The molecule has 3 aromatic rings. The number of piperidine rings is 1. The molecule has 0 aliphatic carbocycles. The van der Waals surface area contributed by atoms with Crippen molar-refractivity contribution in [2.24, 2.45) is 0 Å². The molecule has 2 aromatic carbocycles. The van der Waals surface area contributed by atoms with Crippen molar-refractivity contribution in [3.05, 3.63) is 65.2 Å². The van der Waals surface area contributed by atoms with Crippen molar-refractivity contribution >= 4 is 33.5 Å². The van der Waals surface area contributed by atoms with Gasteiger partial charge in [0, 0.05) is 25.1 Å². The van der Waals surface area contributed by atoms with Crippen molar-refractivity contribution < 1.29 is 9.53 Å². The van der Waals surface area contributed by atoms with Crippen molar-refractivity contribution in [1.82, 2.24) is 9.88 Å². The Morgan fingerprint density at radius 1 is 1.19 bits per heavy atom. The summed E-state index contributed by atoms with van der Waals surface area (Å²) in [4.78, 5) is 19.2. The smallest absolute Gasteiger partial charge is 0.246 e. The highest BCUT2D eigenvalue weighted by molar-refractivity contribution is 7.18. The lowest BCUT2D eigenvalue weighted by atomic mass is 9.97. The summed E-state index contributed by atoms with van der Waals surface area (Å²) < 4.78 is 6.46. The summed E-state index contributed by atoms with van der Waals surface area (Å²) in [5.74, 6) is 1.32. The Hall–Kier alpha value is -2.66. The number of hydrogen-bond donors (Lipinski definition) is 0. The van der Waals surface area contributed by atoms with E-state index in [2.05, 4.69) is 18.2 Å². The summed E-state index contributed by atoms with van der Waals surface area (Å²) in [6.07, 6.45) is 5.45. The summed E-state index contributed by atoms with van der Waals surface area (Å²) in [7, 11) is 1.64. The summed E-state index contributed by atoms with van der Waals surface area (Å²) in [6, 6.07) is 16.0. The number of amides is 1. The molecule has 0 saturated carbocycles. The van der Waals surface area contributed by atoms with Crippen LogP contribution in [0.2, 0.25) is 0 Å². The fourth-order valence-electron chi connectivity index (χ4n) is 3.43. The largest absolute Gasteiger partial charge is 0.497 e. The number of aromatic nitrogens is 1. The van der Waals surface area contributed by atoms with Gasteiger partial charge in [0.1, 0.15) is 5.75 Å². The number of likely N-dealkylation sites (tertiary alicyclic amines) is 1. The fraction of sp³-hybridized carbons (Fsp3) is 0.273. The average molecular weight is 378 g/mol. The molecule has 1 fully saturated rings. The van der Waals surface area contributed by atoms with Crippen LogP contribution in [0.4, 0.5) is 0 Å². The SMILES string of the molecule is COc1cccc(C=CC(=O)N2CCC(c3nc4ccccc4s3)CC2)c1. The Morgan fingerprint density at radius 3 is 2.78 bits per heavy atom. The molecule has 1 aliphatic rings. The number of carbonyl (C=O) groups excluding carboxylic acids is 1. The number of hydrogen-bond acceptors (Lipinski definition) is 4. The van der Waals surface area contributed by atoms with Crippen LogP contribution in [0.3, 0.4) is 0 Å². The van der Waals surface area contributed by atoms with Gasteiger partial charge < -0.3 is 9.64 Å². The fourth-order valence-corrected chi connectivity index (χ4v) is 4.57. The first-order valence-electron chi connectivity index (χ1n) is 9.19. The first-order valence-corrected chi connectivity index (χ1v) is 10.0. The Balaban J connectivity index is 1.36. The van der Waals surface area contributed by atoms with Crippen molar-refractivity contribution in [3.8, 4) is 5.75 Å². The van der Waals surface area contributed by atoms with E-state index in [0.29, 0.717) is 5.92 Å². The molecular weight excluding hydrogens is 356 g/mol. The maximum absolute atomic E-state index is 12.5. The van der Waals surface area contributed by atoms with Gasteiger partial charge in [0.05, 0.1) is 22.3 Å². The third-order valence-electron chi connectivity index (χ3n) is 4.98. The highest BCUT2D eigenvalue weighted by atomic mass is 32.1. The molecule has 1 saturated heterocycles. The molecule has 138 valence electrons. The molecule has 0 radical (unpaired) electrons. The van der Waals surface area contributed by atoms with Crippen LogP contribution in [0.5, 0.6) is 5.75 Å². The highest BCUT2D eigenvalue weighted by Crippen LogP contribution is 2.33. The number of rotatable bonds is 4. The molecule has 0 spiro atoms. The van der Waals surface area contributed by atoms with Gasteiger partial charge in [-0.3, -0.25) is 4.79 Å². The van der Waals surface area contributed by atoms with Gasteiger partial charge in [-0.25, -0.2) is 4.98 Å². The van der Waals surface area contributed by atoms with E-state index >= 15 is 0 Å². The summed E-state index contributed by atoms with van der Waals surface area (Å²) in [6.45, 7) is 1.56. The molecule has 0 N–H and O–H groups in total. The Kier molecular flexibility index (Phi) is 5.21. The molecular formula is C22H22N2O2S.